The van der Waals surface area contributed by atoms with E-state index >= 15 is 0 Å². The van der Waals surface area contributed by atoms with Crippen LogP contribution in [0.3, 0.4) is 0 Å². The Balaban J connectivity index is 2.51. The summed E-state index contributed by atoms with van der Waals surface area (Å²) in [6.07, 6.45) is -1.90. The van der Waals surface area contributed by atoms with E-state index in [9.17, 15) is 13.2 Å². The lowest BCUT2D eigenvalue weighted by molar-refractivity contribution is -0.146. The van der Waals surface area contributed by atoms with Gasteiger partial charge in [-0.1, -0.05) is 0 Å². The van der Waals surface area contributed by atoms with Crippen LogP contribution in [-0.2, 0) is 6.18 Å². The quantitative estimate of drug-likeness (QED) is 0.714. The van der Waals surface area contributed by atoms with Crippen molar-refractivity contribution >= 4 is 0 Å². The van der Waals surface area contributed by atoms with E-state index in [1.807, 2.05) is 0 Å². The van der Waals surface area contributed by atoms with Crippen LogP contribution in [0.1, 0.15) is 5.82 Å². The molecule has 8 heteroatoms. The van der Waals surface area contributed by atoms with Crippen LogP contribution in [0.4, 0.5) is 13.2 Å². The van der Waals surface area contributed by atoms with E-state index in [2.05, 4.69) is 20.5 Å². The number of pyridine rings is 1. The summed E-state index contributed by atoms with van der Waals surface area (Å²) in [5.41, 5.74) is 0.162. The first-order chi connectivity index (χ1) is 7.09. The van der Waals surface area contributed by atoms with Gasteiger partial charge in [-0.05, 0) is 22.6 Å². The lowest BCUT2D eigenvalue weighted by atomic mass is 10.4. The normalized spacial score (nSPS) is 11.7. The predicted octanol–water partition coefficient (Wildman–Crippen LogP) is 1.08. The molecule has 2 aromatic heterocycles. The summed E-state index contributed by atoms with van der Waals surface area (Å²) in [6, 6.07) is 2.93. The average Bonchev–Trinajstić information content (AvgIpc) is 2.67. The number of nitrogens with zero attached hydrogens (tertiary/aromatic N) is 5. The Hall–Kier alpha value is -1.99. The van der Waals surface area contributed by atoms with Gasteiger partial charge in [0.25, 0.3) is 5.82 Å². The molecule has 15 heavy (non-hydrogen) atoms. The summed E-state index contributed by atoms with van der Waals surface area (Å²) in [6.45, 7) is 0. The van der Waals surface area contributed by atoms with E-state index in [-0.39, 0.29) is 5.69 Å². The molecular weight excluding hydrogens is 211 g/mol. The molecule has 0 bridgehead atoms. The van der Waals surface area contributed by atoms with Crippen molar-refractivity contribution in [3.05, 3.63) is 30.4 Å². The van der Waals surface area contributed by atoms with Crippen LogP contribution in [0, 0.1) is 0 Å². The first-order valence-electron chi connectivity index (χ1n) is 3.85. The molecule has 0 aliphatic carbocycles. The third-order valence-electron chi connectivity index (χ3n) is 1.61. The highest BCUT2D eigenvalue weighted by Gasteiger charge is 2.38. The molecule has 0 unspecified atom stereocenters. The molecule has 0 atom stereocenters. The van der Waals surface area contributed by atoms with Crippen molar-refractivity contribution < 1.29 is 13.2 Å². The second-order valence-electron chi connectivity index (χ2n) is 2.62. The van der Waals surface area contributed by atoms with E-state index in [4.69, 9.17) is 0 Å². The zero-order valence-corrected chi connectivity index (χ0v) is 7.18. The smallest absolute Gasteiger partial charge is 0.262 e. The number of hydrogen-bond donors (Lipinski definition) is 0. The van der Waals surface area contributed by atoms with Gasteiger partial charge < -0.3 is 0 Å². The van der Waals surface area contributed by atoms with Gasteiger partial charge in [-0.2, -0.15) is 17.9 Å². The Morgan fingerprint density at radius 3 is 2.67 bits per heavy atom. The van der Waals surface area contributed by atoms with Crippen molar-refractivity contribution in [2.45, 2.75) is 6.18 Å². The van der Waals surface area contributed by atoms with Gasteiger partial charge in [-0.25, -0.2) is 0 Å². The van der Waals surface area contributed by atoms with Crippen molar-refractivity contribution in [2.75, 3.05) is 0 Å². The third kappa shape index (κ3) is 1.78. The van der Waals surface area contributed by atoms with Crippen molar-refractivity contribution in [1.82, 2.24) is 25.2 Å². The second-order valence-corrected chi connectivity index (χ2v) is 2.62. The van der Waals surface area contributed by atoms with Gasteiger partial charge in [-0.15, -0.1) is 5.10 Å². The van der Waals surface area contributed by atoms with Crippen LogP contribution in [0.5, 0.6) is 0 Å². The van der Waals surface area contributed by atoms with Crippen LogP contribution in [-0.4, -0.2) is 25.2 Å². The summed E-state index contributed by atoms with van der Waals surface area (Å²) < 4.78 is 37.7. The van der Waals surface area contributed by atoms with Gasteiger partial charge in [0, 0.05) is 6.20 Å². The van der Waals surface area contributed by atoms with Crippen LogP contribution >= 0.6 is 0 Å². The molecule has 0 N–H and O–H groups in total. The Labute approximate surface area is 81.6 Å². The van der Waals surface area contributed by atoms with Crippen molar-refractivity contribution in [2.24, 2.45) is 0 Å². The van der Waals surface area contributed by atoms with Gasteiger partial charge in [0.15, 0.2) is 0 Å². The molecule has 0 radical (unpaired) electrons. The summed E-state index contributed by atoms with van der Waals surface area (Å²) >= 11 is 0. The molecule has 0 aromatic carbocycles. The fourth-order valence-electron chi connectivity index (χ4n) is 1.02. The molecule has 78 valence electrons. The molecule has 0 fully saturated rings. The summed E-state index contributed by atoms with van der Waals surface area (Å²) in [7, 11) is 0. The molecule has 0 saturated carbocycles. The standard InChI is InChI=1S/C7H4F3N5/c8-7(9,10)6-12-13-14-15(6)5-2-1-3-11-4-5/h1-4H. The minimum atomic E-state index is -4.58. The van der Waals surface area contributed by atoms with Crippen molar-refractivity contribution in [3.8, 4) is 5.69 Å². The zero-order valence-electron chi connectivity index (χ0n) is 7.18. The molecular formula is C7H4F3N5. The first kappa shape index (κ1) is 9.56. The topological polar surface area (TPSA) is 56.5 Å². The van der Waals surface area contributed by atoms with E-state index in [0.717, 1.165) is 0 Å². The fourth-order valence-corrected chi connectivity index (χ4v) is 1.02. The SMILES string of the molecule is FC(F)(F)c1nnnn1-c1cccnc1. The Morgan fingerprint density at radius 1 is 1.27 bits per heavy atom. The number of rotatable bonds is 1. The minimum absolute atomic E-state index is 0.162. The Bertz CT molecular complexity index is 449. The molecule has 0 aliphatic rings. The van der Waals surface area contributed by atoms with Crippen LogP contribution in [0.15, 0.2) is 24.5 Å². The number of alkyl halides is 3. The maximum Gasteiger partial charge on any atom is 0.453 e. The Kier molecular flexibility index (Phi) is 2.10. The molecule has 0 aliphatic heterocycles. The lowest BCUT2D eigenvalue weighted by Crippen LogP contribution is -2.14. The third-order valence-corrected chi connectivity index (χ3v) is 1.61. The maximum absolute atomic E-state index is 12.4. The highest BCUT2D eigenvalue weighted by Crippen LogP contribution is 2.27. The average molecular weight is 215 g/mol. The van der Waals surface area contributed by atoms with E-state index in [0.29, 0.717) is 4.68 Å². The molecule has 0 spiro atoms. The predicted molar refractivity (Wildman–Crippen MR) is 42.0 cm³/mol. The van der Waals surface area contributed by atoms with E-state index < -0.39 is 12.0 Å². The van der Waals surface area contributed by atoms with Crippen molar-refractivity contribution in [1.29, 1.82) is 0 Å². The van der Waals surface area contributed by atoms with Crippen LogP contribution in [0.2, 0.25) is 0 Å². The molecule has 2 aromatic rings. The number of halogens is 3. The number of aromatic nitrogens is 5. The van der Waals surface area contributed by atoms with Gasteiger partial charge in [0.05, 0.1) is 11.9 Å². The second kappa shape index (κ2) is 3.30. The number of tetrazole rings is 1. The highest BCUT2D eigenvalue weighted by atomic mass is 19.4. The van der Waals surface area contributed by atoms with Gasteiger partial charge in [0.2, 0.25) is 0 Å². The van der Waals surface area contributed by atoms with E-state index in [1.54, 1.807) is 0 Å². The molecule has 5 nitrogen and oxygen atoms in total. The number of hydrogen-bond acceptors (Lipinski definition) is 4. The largest absolute Gasteiger partial charge is 0.453 e. The van der Waals surface area contributed by atoms with Gasteiger partial charge in [-0.3, -0.25) is 4.98 Å². The van der Waals surface area contributed by atoms with Crippen molar-refractivity contribution in [3.63, 3.8) is 0 Å². The lowest BCUT2D eigenvalue weighted by Gasteiger charge is -2.05. The minimum Gasteiger partial charge on any atom is -0.262 e. The molecule has 2 rings (SSSR count). The molecule has 2 heterocycles. The van der Waals surface area contributed by atoms with E-state index in [1.165, 1.54) is 24.5 Å². The summed E-state index contributed by atoms with van der Waals surface area (Å²) in [4.78, 5) is 3.68. The fraction of sp³-hybridized carbons (Fsp3) is 0.143. The van der Waals surface area contributed by atoms with Crippen LogP contribution < -0.4 is 0 Å². The highest BCUT2D eigenvalue weighted by molar-refractivity contribution is 5.27. The molecule has 0 saturated heterocycles. The summed E-state index contributed by atoms with van der Waals surface area (Å²) in [5, 5.41) is 9.14. The maximum atomic E-state index is 12.4. The van der Waals surface area contributed by atoms with Gasteiger partial charge >= 0.3 is 6.18 Å². The monoisotopic (exact) mass is 215 g/mol. The van der Waals surface area contributed by atoms with Gasteiger partial charge in [0.1, 0.15) is 0 Å². The Morgan fingerprint density at radius 2 is 2.07 bits per heavy atom. The molecule has 0 amide bonds. The van der Waals surface area contributed by atoms with Crippen LogP contribution in [0.25, 0.3) is 5.69 Å². The summed E-state index contributed by atoms with van der Waals surface area (Å²) in [5.74, 6) is -1.17. The zero-order chi connectivity index (χ0) is 10.9. The first-order valence-corrected chi connectivity index (χ1v) is 3.85.